The molecule has 0 saturated carbocycles. The number of carbonyl (C=O) groups excluding carboxylic acids is 1. The third kappa shape index (κ3) is 3.90. The van der Waals surface area contributed by atoms with Gasteiger partial charge in [0.25, 0.3) is 5.91 Å². The maximum Gasteiger partial charge on any atom is 0.272 e. The third-order valence-electron chi connectivity index (χ3n) is 5.16. The fourth-order valence-corrected chi connectivity index (χ4v) is 3.73. The number of aryl methyl sites for hydroxylation is 1. The van der Waals surface area contributed by atoms with E-state index in [1.54, 1.807) is 12.3 Å². The fraction of sp³-hybridized carbons (Fsp3) is 0.261. The van der Waals surface area contributed by atoms with Gasteiger partial charge in [-0.25, -0.2) is 0 Å². The molecule has 1 saturated heterocycles. The Hall–Kier alpha value is -3.01. The van der Waals surface area contributed by atoms with Crippen LogP contribution >= 0.6 is 0 Å². The number of amides is 1. The van der Waals surface area contributed by atoms with Crippen molar-refractivity contribution >= 4 is 5.91 Å². The highest BCUT2D eigenvalue weighted by molar-refractivity contribution is 5.92. The summed E-state index contributed by atoms with van der Waals surface area (Å²) in [7, 11) is 0. The fourth-order valence-electron chi connectivity index (χ4n) is 3.73. The van der Waals surface area contributed by atoms with Crippen molar-refractivity contribution in [2.75, 3.05) is 13.1 Å². The molecular formula is C23H23N3O. The first kappa shape index (κ1) is 17.4. The Kier molecular flexibility index (Phi) is 4.97. The van der Waals surface area contributed by atoms with E-state index in [-0.39, 0.29) is 5.91 Å². The van der Waals surface area contributed by atoms with Crippen LogP contribution in [-0.4, -0.2) is 33.9 Å². The van der Waals surface area contributed by atoms with E-state index in [2.05, 4.69) is 48.3 Å². The first-order valence-electron chi connectivity index (χ1n) is 9.45. The van der Waals surface area contributed by atoms with Gasteiger partial charge in [-0.15, -0.1) is 0 Å². The van der Waals surface area contributed by atoms with Crippen LogP contribution in [0.2, 0.25) is 0 Å². The molecule has 0 N–H and O–H groups in total. The average molecular weight is 357 g/mol. The maximum atomic E-state index is 12.6. The summed E-state index contributed by atoms with van der Waals surface area (Å²) in [5.41, 5.74) is 5.13. The molecule has 3 aromatic rings. The zero-order chi connectivity index (χ0) is 18.6. The van der Waals surface area contributed by atoms with Crippen molar-refractivity contribution in [1.82, 2.24) is 14.9 Å². The maximum absolute atomic E-state index is 12.6. The summed E-state index contributed by atoms with van der Waals surface area (Å²) < 4.78 is 0. The molecule has 1 amide bonds. The minimum Gasteiger partial charge on any atom is -0.337 e. The summed E-state index contributed by atoms with van der Waals surface area (Å²) >= 11 is 0. The van der Waals surface area contributed by atoms with Crippen molar-refractivity contribution < 1.29 is 4.79 Å². The van der Waals surface area contributed by atoms with E-state index in [4.69, 9.17) is 4.98 Å². The number of aromatic nitrogens is 2. The summed E-state index contributed by atoms with van der Waals surface area (Å²) in [6.07, 6.45) is 3.54. The normalized spacial score (nSPS) is 14.9. The number of nitrogens with zero attached hydrogens (tertiary/aromatic N) is 3. The lowest BCUT2D eigenvalue weighted by atomic mass is 9.91. The van der Waals surface area contributed by atoms with Crippen molar-refractivity contribution in [1.29, 1.82) is 0 Å². The zero-order valence-corrected chi connectivity index (χ0v) is 15.5. The van der Waals surface area contributed by atoms with Gasteiger partial charge in [0.15, 0.2) is 0 Å². The van der Waals surface area contributed by atoms with E-state index >= 15 is 0 Å². The van der Waals surface area contributed by atoms with Gasteiger partial charge in [-0.2, -0.15) is 0 Å². The summed E-state index contributed by atoms with van der Waals surface area (Å²) in [6, 6.07) is 20.2. The lowest BCUT2D eigenvalue weighted by Gasteiger charge is -2.31. The Morgan fingerprint density at radius 3 is 2.41 bits per heavy atom. The minimum absolute atomic E-state index is 0.0243. The van der Waals surface area contributed by atoms with Gasteiger partial charge in [0.1, 0.15) is 5.69 Å². The number of pyridine rings is 2. The van der Waals surface area contributed by atoms with Crippen molar-refractivity contribution in [3.05, 3.63) is 83.9 Å². The second-order valence-electron chi connectivity index (χ2n) is 7.07. The lowest BCUT2D eigenvalue weighted by Crippen LogP contribution is -2.38. The van der Waals surface area contributed by atoms with Crippen molar-refractivity contribution in [3.8, 4) is 11.1 Å². The summed E-state index contributed by atoms with van der Waals surface area (Å²) in [6.45, 7) is 3.54. The Labute approximate surface area is 159 Å². The van der Waals surface area contributed by atoms with Crippen LogP contribution in [-0.2, 0) is 0 Å². The van der Waals surface area contributed by atoms with Gasteiger partial charge in [0.2, 0.25) is 0 Å². The van der Waals surface area contributed by atoms with Gasteiger partial charge in [0, 0.05) is 36.6 Å². The minimum atomic E-state index is 0.0243. The summed E-state index contributed by atoms with van der Waals surface area (Å²) in [4.78, 5) is 23.5. The lowest BCUT2D eigenvalue weighted by molar-refractivity contribution is 0.0706. The van der Waals surface area contributed by atoms with Crippen LogP contribution in [0.5, 0.6) is 0 Å². The van der Waals surface area contributed by atoms with E-state index in [0.717, 1.165) is 37.3 Å². The van der Waals surface area contributed by atoms with E-state index < -0.39 is 0 Å². The van der Waals surface area contributed by atoms with Gasteiger partial charge in [-0.3, -0.25) is 14.8 Å². The molecular weight excluding hydrogens is 334 g/mol. The number of hydrogen-bond acceptors (Lipinski definition) is 3. The Morgan fingerprint density at radius 1 is 0.963 bits per heavy atom. The smallest absolute Gasteiger partial charge is 0.272 e. The Bertz CT molecular complexity index is 917. The van der Waals surface area contributed by atoms with Gasteiger partial charge in [0.05, 0.1) is 0 Å². The third-order valence-corrected chi connectivity index (χ3v) is 5.16. The summed E-state index contributed by atoms with van der Waals surface area (Å²) in [5.74, 6) is 0.413. The van der Waals surface area contributed by atoms with E-state index in [1.165, 1.54) is 11.1 Å². The van der Waals surface area contributed by atoms with Crippen LogP contribution in [0.15, 0.2) is 66.9 Å². The van der Waals surface area contributed by atoms with Crippen LogP contribution in [0.3, 0.4) is 0 Å². The van der Waals surface area contributed by atoms with Gasteiger partial charge in [-0.05, 0) is 55.2 Å². The van der Waals surface area contributed by atoms with Crippen molar-refractivity contribution in [3.63, 3.8) is 0 Å². The number of rotatable bonds is 3. The molecule has 136 valence electrons. The molecule has 0 bridgehead atoms. The van der Waals surface area contributed by atoms with Crippen molar-refractivity contribution in [2.24, 2.45) is 0 Å². The molecule has 3 heterocycles. The second kappa shape index (κ2) is 7.70. The molecule has 1 aromatic carbocycles. The number of likely N-dealkylation sites (tertiary alicyclic amines) is 1. The molecule has 0 atom stereocenters. The molecule has 0 unspecified atom stereocenters. The quantitative estimate of drug-likeness (QED) is 0.695. The highest BCUT2D eigenvalue weighted by Gasteiger charge is 2.26. The number of hydrogen-bond donors (Lipinski definition) is 0. The first-order chi connectivity index (χ1) is 13.2. The second-order valence-corrected chi connectivity index (χ2v) is 7.07. The molecule has 4 nitrogen and oxygen atoms in total. The standard InChI is InChI=1S/C23H23N3O/c1-17-15-20(18-7-3-2-4-8-18)16-22(25-17)19-10-13-26(14-11-19)23(27)21-9-5-6-12-24-21/h2-9,12,15-16,19H,10-11,13-14H2,1H3. The van der Waals surface area contributed by atoms with E-state index in [1.807, 2.05) is 23.1 Å². The largest absolute Gasteiger partial charge is 0.337 e. The number of benzene rings is 1. The highest BCUT2D eigenvalue weighted by Crippen LogP contribution is 2.30. The Morgan fingerprint density at radius 2 is 1.70 bits per heavy atom. The molecule has 0 aliphatic carbocycles. The monoisotopic (exact) mass is 357 g/mol. The molecule has 2 aromatic heterocycles. The molecule has 4 rings (SSSR count). The van der Waals surface area contributed by atoms with E-state index in [9.17, 15) is 4.79 Å². The van der Waals surface area contributed by atoms with Gasteiger partial charge >= 0.3 is 0 Å². The Balaban J connectivity index is 1.48. The van der Waals surface area contributed by atoms with Crippen LogP contribution in [0.25, 0.3) is 11.1 Å². The predicted octanol–water partition coefficient (Wildman–Crippen LogP) is 4.47. The summed E-state index contributed by atoms with van der Waals surface area (Å²) in [5, 5.41) is 0. The predicted molar refractivity (Wildman–Crippen MR) is 107 cm³/mol. The molecule has 27 heavy (non-hydrogen) atoms. The van der Waals surface area contributed by atoms with Gasteiger partial charge in [-0.1, -0.05) is 36.4 Å². The van der Waals surface area contributed by atoms with Crippen LogP contribution in [0.4, 0.5) is 0 Å². The van der Waals surface area contributed by atoms with Gasteiger partial charge < -0.3 is 4.90 Å². The number of carbonyl (C=O) groups is 1. The topological polar surface area (TPSA) is 46.1 Å². The first-order valence-corrected chi connectivity index (χ1v) is 9.45. The number of piperidine rings is 1. The van der Waals surface area contributed by atoms with E-state index in [0.29, 0.717) is 11.6 Å². The molecule has 1 aliphatic heterocycles. The molecule has 1 aliphatic rings. The molecule has 1 fully saturated rings. The van der Waals surface area contributed by atoms with Crippen LogP contribution < -0.4 is 0 Å². The zero-order valence-electron chi connectivity index (χ0n) is 15.5. The van der Waals surface area contributed by atoms with Crippen molar-refractivity contribution in [2.45, 2.75) is 25.7 Å². The molecule has 4 heteroatoms. The average Bonchev–Trinajstić information content (AvgIpc) is 2.74. The van der Waals surface area contributed by atoms with Crippen LogP contribution in [0.1, 0.15) is 40.6 Å². The highest BCUT2D eigenvalue weighted by atomic mass is 16.2. The molecule has 0 radical (unpaired) electrons. The SMILES string of the molecule is Cc1cc(-c2ccccc2)cc(C2CCN(C(=O)c3ccccn3)CC2)n1. The molecule has 0 spiro atoms. The van der Waals surface area contributed by atoms with Crippen LogP contribution in [0, 0.1) is 6.92 Å².